The molecule has 2 aromatic carbocycles. The molecular weight excluding hydrogens is 949 g/mol. The lowest BCUT2D eigenvalue weighted by molar-refractivity contribution is -0.142. The number of carboxylic acid groups (broad SMARTS) is 2. The maximum Gasteiger partial charge on any atom is 0.326 e. The Morgan fingerprint density at radius 1 is 0.549 bits per heavy atom. The van der Waals surface area contributed by atoms with Gasteiger partial charge in [0.25, 0.3) is 0 Å². The highest BCUT2D eigenvalue weighted by Crippen LogP contribution is 2.14. The first-order chi connectivity index (χ1) is 33.6. The number of nitrogens with two attached hydrogens (primary N) is 6. The number of nitrogens with zero attached hydrogens (tertiary/aromatic N) is 2. The summed E-state index contributed by atoms with van der Waals surface area (Å²) >= 11 is 1.32. The van der Waals surface area contributed by atoms with Gasteiger partial charge in [-0.3, -0.25) is 48.3 Å². The van der Waals surface area contributed by atoms with Gasteiger partial charge in [-0.2, -0.15) is 11.8 Å². The molecule has 21 N–H and O–H groups in total. The van der Waals surface area contributed by atoms with Crippen LogP contribution >= 0.6 is 11.8 Å². The number of hydrogen-bond donors (Lipinski definition) is 15. The van der Waals surface area contributed by atoms with Crippen molar-refractivity contribution in [2.24, 2.45) is 44.4 Å². The Hall–Kier alpha value is -7.68. The van der Waals surface area contributed by atoms with E-state index in [2.05, 4.69) is 41.9 Å². The van der Waals surface area contributed by atoms with Crippen LogP contribution in [-0.4, -0.2) is 148 Å². The minimum Gasteiger partial charge on any atom is -0.508 e. The van der Waals surface area contributed by atoms with E-state index in [0.29, 0.717) is 16.9 Å². The third-order valence-electron chi connectivity index (χ3n) is 10.4. The zero-order valence-electron chi connectivity index (χ0n) is 39.2. The summed E-state index contributed by atoms with van der Waals surface area (Å²) in [6.45, 7) is 0.0671. The van der Waals surface area contributed by atoms with Crippen LogP contribution in [0.4, 0.5) is 0 Å². The standard InChI is InChI=1S/C44H66N14O12S/c1-71-20-17-30(39(66)58-33(22-25-11-13-26(59)14-12-25)41(68)56-31(42(69)70)10-6-19-52-44(49)50)55-37(64)28(9-5-18-51-43(47)48)53-38(65)29(15-16-34(46)60)54-40(67)32(21-24-7-3-2-4-8-24)57-36(63)27(45)23-35(61)62/h2-4,7-8,11-14,27-33,59H,5-6,9-10,15-23,45H2,1H3,(H2,46,60)(H,53,65)(H,54,67)(H,55,64)(H,56,68)(H,57,63)(H,58,66)(H,61,62)(H,69,70)(H4,47,48,51)(H4,49,50,52). The first kappa shape index (κ1) is 59.4. The van der Waals surface area contributed by atoms with Crippen LogP contribution in [0.5, 0.6) is 5.75 Å². The summed E-state index contributed by atoms with van der Waals surface area (Å²) < 4.78 is 0. The molecule has 0 saturated carbocycles. The number of carbonyl (C=O) groups excluding carboxylic acids is 7. The van der Waals surface area contributed by atoms with Gasteiger partial charge in [0.1, 0.15) is 42.0 Å². The quantitative estimate of drug-likeness (QED) is 0.0185. The molecule has 0 aliphatic rings. The third kappa shape index (κ3) is 23.9. The first-order valence-corrected chi connectivity index (χ1v) is 23.7. The van der Waals surface area contributed by atoms with Gasteiger partial charge >= 0.3 is 11.9 Å². The van der Waals surface area contributed by atoms with Crippen molar-refractivity contribution in [1.82, 2.24) is 31.9 Å². The van der Waals surface area contributed by atoms with Crippen molar-refractivity contribution in [1.29, 1.82) is 0 Å². The zero-order chi connectivity index (χ0) is 53.0. The highest BCUT2D eigenvalue weighted by Gasteiger charge is 2.34. The van der Waals surface area contributed by atoms with E-state index < -0.39 is 108 Å². The lowest BCUT2D eigenvalue weighted by atomic mass is 10.0. The van der Waals surface area contributed by atoms with Crippen molar-refractivity contribution in [2.45, 2.75) is 107 Å². The van der Waals surface area contributed by atoms with E-state index >= 15 is 0 Å². The number of primary amides is 1. The molecule has 0 aliphatic heterocycles. The number of thioether (sulfide) groups is 1. The second kappa shape index (κ2) is 31.4. The maximum absolute atomic E-state index is 14.2. The number of guanidine groups is 2. The van der Waals surface area contributed by atoms with Gasteiger partial charge in [0, 0.05) is 32.4 Å². The van der Waals surface area contributed by atoms with Gasteiger partial charge in [0.2, 0.25) is 41.4 Å². The van der Waals surface area contributed by atoms with Crippen molar-refractivity contribution < 1.29 is 58.5 Å². The molecule has 2 rings (SSSR count). The number of aliphatic imine (C=N–C) groups is 2. The molecule has 26 nitrogen and oxygen atoms in total. The molecule has 2 aromatic rings. The fraction of sp³-hybridized carbons (Fsp3) is 0.477. The van der Waals surface area contributed by atoms with Crippen LogP contribution in [-0.2, 0) is 56.0 Å². The number of carboxylic acids is 2. The first-order valence-electron chi connectivity index (χ1n) is 22.3. The number of aromatic hydroxyl groups is 1. The average molecular weight is 1020 g/mol. The number of nitrogens with one attached hydrogen (secondary N) is 6. The van der Waals surface area contributed by atoms with E-state index in [1.165, 1.54) is 36.0 Å². The van der Waals surface area contributed by atoms with Gasteiger partial charge in [0.15, 0.2) is 11.9 Å². The van der Waals surface area contributed by atoms with Gasteiger partial charge < -0.3 is 81.6 Å². The topological polar surface area (TPSA) is 467 Å². The largest absolute Gasteiger partial charge is 0.508 e. The SMILES string of the molecule is CSCCC(NC(=O)C(CCCN=C(N)N)NC(=O)C(CCC(N)=O)NC(=O)C(Cc1ccccc1)NC(=O)C(N)CC(=O)O)C(=O)NC(Cc1ccc(O)cc1)C(=O)NC(CCCN=C(N)N)C(=O)O. The molecule has 7 atom stereocenters. The molecule has 71 heavy (non-hydrogen) atoms. The molecule has 390 valence electrons. The Balaban J connectivity index is 2.49. The van der Waals surface area contributed by atoms with Gasteiger partial charge in [-0.15, -0.1) is 0 Å². The highest BCUT2D eigenvalue weighted by molar-refractivity contribution is 7.98. The molecule has 0 radical (unpaired) electrons. The smallest absolute Gasteiger partial charge is 0.326 e. The molecule has 7 amide bonds. The van der Waals surface area contributed by atoms with Crippen molar-refractivity contribution in [3.8, 4) is 5.75 Å². The predicted molar refractivity (Wildman–Crippen MR) is 263 cm³/mol. The molecule has 0 heterocycles. The van der Waals surface area contributed by atoms with E-state index in [1.807, 2.05) is 0 Å². The number of phenolic OH excluding ortho intramolecular Hbond substituents is 1. The molecule has 0 saturated heterocycles. The van der Waals surface area contributed by atoms with Crippen LogP contribution in [0, 0.1) is 0 Å². The predicted octanol–water partition coefficient (Wildman–Crippen LogP) is -3.90. The average Bonchev–Trinajstić information content (AvgIpc) is 3.30. The number of amides is 7. The van der Waals surface area contributed by atoms with Crippen molar-refractivity contribution in [2.75, 3.05) is 25.1 Å². The summed E-state index contributed by atoms with van der Waals surface area (Å²) in [7, 11) is 0. The molecule has 7 unspecified atom stereocenters. The minimum absolute atomic E-state index is 0.00850. The number of phenols is 1. The van der Waals surface area contributed by atoms with E-state index in [1.54, 1.807) is 36.6 Å². The minimum atomic E-state index is -1.57. The van der Waals surface area contributed by atoms with Gasteiger partial charge in [-0.05, 0) is 73.8 Å². The molecule has 0 bridgehead atoms. The number of carbonyl (C=O) groups is 9. The summed E-state index contributed by atoms with van der Waals surface area (Å²) in [6, 6.07) is 3.84. The number of hydrogen-bond acceptors (Lipinski definition) is 14. The van der Waals surface area contributed by atoms with E-state index in [-0.39, 0.29) is 82.1 Å². The van der Waals surface area contributed by atoms with Crippen LogP contribution < -0.4 is 66.3 Å². The fourth-order valence-corrected chi connectivity index (χ4v) is 7.12. The maximum atomic E-state index is 14.2. The van der Waals surface area contributed by atoms with Crippen LogP contribution in [0.1, 0.15) is 62.5 Å². The number of benzene rings is 2. The van der Waals surface area contributed by atoms with Crippen molar-refractivity contribution >= 4 is 77.0 Å². The molecule has 0 aliphatic carbocycles. The van der Waals surface area contributed by atoms with Crippen molar-refractivity contribution in [3.05, 3.63) is 65.7 Å². The monoisotopic (exact) mass is 1010 g/mol. The molecule has 0 aromatic heterocycles. The number of aliphatic carboxylic acids is 2. The molecule has 0 spiro atoms. The Labute approximate surface area is 413 Å². The Morgan fingerprint density at radius 2 is 0.958 bits per heavy atom. The Kier molecular flexibility index (Phi) is 26.3. The summed E-state index contributed by atoms with van der Waals surface area (Å²) in [6.07, 6.45) is -0.143. The zero-order valence-corrected chi connectivity index (χ0v) is 40.0. The normalized spacial score (nSPS) is 13.7. The third-order valence-corrected chi connectivity index (χ3v) is 11.0. The lowest BCUT2D eigenvalue weighted by Crippen LogP contribution is -2.60. The number of rotatable bonds is 33. The summed E-state index contributed by atoms with van der Waals surface area (Å²) in [5.74, 6) is -9.40. The van der Waals surface area contributed by atoms with Crippen LogP contribution in [0.2, 0.25) is 0 Å². The van der Waals surface area contributed by atoms with Gasteiger partial charge in [-0.25, -0.2) is 4.79 Å². The van der Waals surface area contributed by atoms with Crippen LogP contribution in [0.15, 0.2) is 64.6 Å². The van der Waals surface area contributed by atoms with E-state index in [4.69, 9.17) is 34.4 Å². The molecule has 0 fully saturated rings. The fourth-order valence-electron chi connectivity index (χ4n) is 6.65. The van der Waals surface area contributed by atoms with Crippen molar-refractivity contribution in [3.63, 3.8) is 0 Å². The Bertz CT molecular complexity index is 2180. The van der Waals surface area contributed by atoms with Gasteiger partial charge in [-0.1, -0.05) is 42.5 Å². The highest BCUT2D eigenvalue weighted by atomic mass is 32.2. The van der Waals surface area contributed by atoms with E-state index in [0.717, 1.165) is 0 Å². The summed E-state index contributed by atoms with van der Waals surface area (Å²) in [4.78, 5) is 126. The van der Waals surface area contributed by atoms with E-state index in [9.17, 15) is 58.5 Å². The van der Waals surface area contributed by atoms with Crippen LogP contribution in [0.3, 0.4) is 0 Å². The molecule has 27 heteroatoms. The second-order valence-corrected chi connectivity index (χ2v) is 17.1. The van der Waals surface area contributed by atoms with Gasteiger partial charge in [0.05, 0.1) is 12.5 Å². The molecular formula is C44H66N14O12S. The summed E-state index contributed by atoms with van der Waals surface area (Å²) in [5.41, 5.74) is 33.9. The lowest BCUT2D eigenvalue weighted by Gasteiger charge is -2.28. The Morgan fingerprint density at radius 3 is 1.41 bits per heavy atom. The summed E-state index contributed by atoms with van der Waals surface area (Å²) in [5, 5.41) is 44.1. The second-order valence-electron chi connectivity index (χ2n) is 16.2. The van der Waals surface area contributed by atoms with Crippen LogP contribution in [0.25, 0.3) is 0 Å².